The number of para-hydroxylation sites is 1. The maximum atomic E-state index is 12.9. The Labute approximate surface area is 188 Å². The maximum absolute atomic E-state index is 12.9. The Bertz CT molecular complexity index is 1060. The number of pyridine rings is 1. The van der Waals surface area contributed by atoms with Gasteiger partial charge in [0, 0.05) is 43.6 Å². The van der Waals surface area contributed by atoms with Gasteiger partial charge in [-0.25, -0.2) is 0 Å². The highest BCUT2D eigenvalue weighted by atomic mass is 16.2. The van der Waals surface area contributed by atoms with Crippen molar-refractivity contribution >= 4 is 23.2 Å². The van der Waals surface area contributed by atoms with Crippen LogP contribution in [0.4, 0.5) is 11.4 Å². The smallest absolute Gasteiger partial charge is 0.253 e. The van der Waals surface area contributed by atoms with Gasteiger partial charge in [0.1, 0.15) is 0 Å². The van der Waals surface area contributed by atoms with Gasteiger partial charge in [0.15, 0.2) is 0 Å². The van der Waals surface area contributed by atoms with Gasteiger partial charge in [0.05, 0.1) is 11.3 Å². The molecule has 1 aliphatic rings. The van der Waals surface area contributed by atoms with Crippen molar-refractivity contribution in [3.8, 4) is 0 Å². The van der Waals surface area contributed by atoms with Gasteiger partial charge in [-0.15, -0.1) is 0 Å². The number of piperidine rings is 1. The summed E-state index contributed by atoms with van der Waals surface area (Å²) in [5, 5.41) is 5.89. The fourth-order valence-corrected chi connectivity index (χ4v) is 3.96. The van der Waals surface area contributed by atoms with Crippen molar-refractivity contribution in [3.63, 3.8) is 0 Å². The van der Waals surface area contributed by atoms with Crippen LogP contribution in [-0.4, -0.2) is 29.9 Å². The first kappa shape index (κ1) is 21.6. The standard InChI is InChI=1S/C26H28N4O2/c1-19-8-10-22(11-9-19)30-15-12-21(13-16-30)25(31)29-24-7-3-2-6-23(24)26(32)28-18-20-5-4-14-27-17-20/h2-11,14,17,21H,12-13,15-16,18H2,1H3,(H,28,32)(H,29,31). The number of hydrogen-bond acceptors (Lipinski definition) is 4. The second kappa shape index (κ2) is 10.1. The van der Waals surface area contributed by atoms with Crippen LogP contribution in [0.25, 0.3) is 0 Å². The van der Waals surface area contributed by atoms with Gasteiger partial charge in [0.25, 0.3) is 5.91 Å². The molecule has 6 nitrogen and oxygen atoms in total. The number of rotatable bonds is 6. The summed E-state index contributed by atoms with van der Waals surface area (Å²) in [6, 6.07) is 19.4. The SMILES string of the molecule is Cc1ccc(N2CCC(C(=O)Nc3ccccc3C(=O)NCc3cccnc3)CC2)cc1. The van der Waals surface area contributed by atoms with E-state index in [1.165, 1.54) is 11.3 Å². The predicted molar refractivity (Wildman–Crippen MR) is 127 cm³/mol. The lowest BCUT2D eigenvalue weighted by Gasteiger charge is -2.33. The Morgan fingerprint density at radius 2 is 1.75 bits per heavy atom. The zero-order valence-corrected chi connectivity index (χ0v) is 18.3. The van der Waals surface area contributed by atoms with Crippen molar-refractivity contribution in [1.29, 1.82) is 0 Å². The highest BCUT2D eigenvalue weighted by Gasteiger charge is 2.26. The number of aryl methyl sites for hydroxylation is 1. The third-order valence-electron chi connectivity index (χ3n) is 5.87. The van der Waals surface area contributed by atoms with E-state index in [4.69, 9.17) is 0 Å². The molecule has 1 fully saturated rings. The van der Waals surface area contributed by atoms with E-state index >= 15 is 0 Å². The number of nitrogens with one attached hydrogen (secondary N) is 2. The Hall–Kier alpha value is -3.67. The molecule has 2 aromatic carbocycles. The molecule has 0 unspecified atom stereocenters. The molecule has 1 saturated heterocycles. The number of amides is 2. The lowest BCUT2D eigenvalue weighted by molar-refractivity contribution is -0.120. The van der Waals surface area contributed by atoms with Crippen molar-refractivity contribution in [1.82, 2.24) is 10.3 Å². The summed E-state index contributed by atoms with van der Waals surface area (Å²) in [4.78, 5) is 32.1. The fourth-order valence-electron chi connectivity index (χ4n) is 3.96. The van der Waals surface area contributed by atoms with Crippen LogP contribution in [0.3, 0.4) is 0 Å². The summed E-state index contributed by atoms with van der Waals surface area (Å²) in [6.07, 6.45) is 4.99. The first-order chi connectivity index (χ1) is 15.6. The van der Waals surface area contributed by atoms with E-state index in [1.807, 2.05) is 18.2 Å². The molecule has 4 rings (SSSR count). The molecule has 0 radical (unpaired) electrons. The summed E-state index contributed by atoms with van der Waals surface area (Å²) < 4.78 is 0. The highest BCUT2D eigenvalue weighted by Crippen LogP contribution is 2.25. The van der Waals surface area contributed by atoms with Crippen molar-refractivity contribution in [3.05, 3.63) is 89.7 Å². The van der Waals surface area contributed by atoms with E-state index in [9.17, 15) is 9.59 Å². The zero-order valence-electron chi connectivity index (χ0n) is 18.3. The van der Waals surface area contributed by atoms with Crippen LogP contribution in [0, 0.1) is 12.8 Å². The molecule has 0 atom stereocenters. The summed E-state index contributed by atoms with van der Waals surface area (Å²) in [6.45, 7) is 4.15. The average molecular weight is 429 g/mol. The molecule has 0 bridgehead atoms. The van der Waals surface area contributed by atoms with Crippen molar-refractivity contribution in [2.45, 2.75) is 26.3 Å². The number of benzene rings is 2. The molecule has 2 N–H and O–H groups in total. The van der Waals surface area contributed by atoms with E-state index in [-0.39, 0.29) is 17.7 Å². The summed E-state index contributed by atoms with van der Waals surface area (Å²) in [5.74, 6) is -0.316. The summed E-state index contributed by atoms with van der Waals surface area (Å²) in [7, 11) is 0. The van der Waals surface area contributed by atoms with E-state index < -0.39 is 0 Å². The molecule has 2 heterocycles. The minimum Gasteiger partial charge on any atom is -0.371 e. The molecule has 3 aromatic rings. The van der Waals surface area contributed by atoms with E-state index in [1.54, 1.807) is 30.6 Å². The molecule has 2 amide bonds. The number of aromatic nitrogens is 1. The highest BCUT2D eigenvalue weighted by molar-refractivity contribution is 6.04. The second-order valence-corrected chi connectivity index (χ2v) is 8.18. The van der Waals surface area contributed by atoms with Crippen molar-refractivity contribution in [2.75, 3.05) is 23.3 Å². The van der Waals surface area contributed by atoms with E-state index in [0.717, 1.165) is 31.5 Å². The Morgan fingerprint density at radius 3 is 2.47 bits per heavy atom. The third-order valence-corrected chi connectivity index (χ3v) is 5.87. The topological polar surface area (TPSA) is 74.3 Å². The number of carbonyl (C=O) groups excluding carboxylic acids is 2. The second-order valence-electron chi connectivity index (χ2n) is 8.18. The van der Waals surface area contributed by atoms with Gasteiger partial charge >= 0.3 is 0 Å². The molecule has 0 saturated carbocycles. The van der Waals surface area contributed by atoms with Crippen LogP contribution >= 0.6 is 0 Å². The molecule has 0 aliphatic carbocycles. The van der Waals surface area contributed by atoms with Gasteiger partial charge in [-0.2, -0.15) is 0 Å². The molecule has 1 aromatic heterocycles. The minimum atomic E-state index is -0.223. The van der Waals surface area contributed by atoms with Gasteiger partial charge in [0.2, 0.25) is 5.91 Å². The normalized spacial score (nSPS) is 14.1. The maximum Gasteiger partial charge on any atom is 0.253 e. The van der Waals surface area contributed by atoms with Crippen LogP contribution in [0.5, 0.6) is 0 Å². The first-order valence-electron chi connectivity index (χ1n) is 11.0. The lowest BCUT2D eigenvalue weighted by Crippen LogP contribution is -2.38. The predicted octanol–water partition coefficient (Wildman–Crippen LogP) is 4.18. The van der Waals surface area contributed by atoms with Gasteiger partial charge < -0.3 is 15.5 Å². The summed E-state index contributed by atoms with van der Waals surface area (Å²) >= 11 is 0. The first-order valence-corrected chi connectivity index (χ1v) is 11.0. The largest absolute Gasteiger partial charge is 0.371 e. The molecular weight excluding hydrogens is 400 g/mol. The van der Waals surface area contributed by atoms with Gasteiger partial charge in [-0.1, -0.05) is 35.9 Å². The van der Waals surface area contributed by atoms with Crippen molar-refractivity contribution < 1.29 is 9.59 Å². The Kier molecular flexibility index (Phi) is 6.80. The quantitative estimate of drug-likeness (QED) is 0.618. The summed E-state index contributed by atoms with van der Waals surface area (Å²) in [5.41, 5.74) is 4.36. The monoisotopic (exact) mass is 428 g/mol. The van der Waals surface area contributed by atoms with Crippen LogP contribution in [-0.2, 0) is 11.3 Å². The number of anilines is 2. The molecule has 32 heavy (non-hydrogen) atoms. The average Bonchev–Trinajstić information content (AvgIpc) is 2.84. The number of nitrogens with zero attached hydrogens (tertiary/aromatic N) is 2. The van der Waals surface area contributed by atoms with Crippen LogP contribution in [0.2, 0.25) is 0 Å². The lowest BCUT2D eigenvalue weighted by atomic mass is 9.95. The van der Waals surface area contributed by atoms with Gasteiger partial charge in [-0.3, -0.25) is 14.6 Å². The zero-order chi connectivity index (χ0) is 22.3. The molecule has 164 valence electrons. The van der Waals surface area contributed by atoms with Gasteiger partial charge in [-0.05, 0) is 55.7 Å². The number of hydrogen-bond donors (Lipinski definition) is 2. The number of carbonyl (C=O) groups is 2. The molecule has 0 spiro atoms. The van der Waals surface area contributed by atoms with E-state index in [0.29, 0.717) is 17.8 Å². The minimum absolute atomic E-state index is 0.0268. The Balaban J connectivity index is 1.34. The Morgan fingerprint density at radius 1 is 1.00 bits per heavy atom. The molecular formula is C26H28N4O2. The van der Waals surface area contributed by atoms with Crippen LogP contribution in [0.1, 0.15) is 34.3 Å². The molecule has 1 aliphatic heterocycles. The van der Waals surface area contributed by atoms with Crippen molar-refractivity contribution in [2.24, 2.45) is 5.92 Å². The van der Waals surface area contributed by atoms with Crippen LogP contribution in [0.15, 0.2) is 73.1 Å². The third kappa shape index (κ3) is 5.32. The van der Waals surface area contributed by atoms with E-state index in [2.05, 4.69) is 51.7 Å². The van der Waals surface area contributed by atoms with Crippen LogP contribution < -0.4 is 15.5 Å². The molecule has 6 heteroatoms. The fraction of sp³-hybridized carbons (Fsp3) is 0.269.